The zero-order valence-electron chi connectivity index (χ0n) is 4.23. The molecule has 0 aromatic carbocycles. The van der Waals surface area contributed by atoms with E-state index in [1.54, 1.807) is 0 Å². The van der Waals surface area contributed by atoms with Crippen molar-refractivity contribution in [2.75, 3.05) is 0 Å². The number of nitrogens with zero attached hydrogens (tertiary/aromatic N) is 1. The number of nitrogens with one attached hydrogen (secondary N) is 1. The third kappa shape index (κ3) is 1.27. The highest BCUT2D eigenvalue weighted by Crippen LogP contribution is 1.99. The molecule has 1 heterocycles. The first kappa shape index (κ1) is 6.24. The molecule has 1 aromatic rings. The molecule has 0 bridgehead atoms. The summed E-state index contributed by atoms with van der Waals surface area (Å²) in [7, 11) is -4.33. The van der Waals surface area contributed by atoms with Crippen LogP contribution in [0, 0.1) is 0 Å². The van der Waals surface area contributed by atoms with Gasteiger partial charge in [0.05, 0.1) is 6.20 Å². The molecule has 1 aromatic heterocycles. The summed E-state index contributed by atoms with van der Waals surface area (Å²) in [6.45, 7) is 0. The van der Waals surface area contributed by atoms with Crippen molar-refractivity contribution in [2.24, 2.45) is 0 Å². The largest absolute Gasteiger partial charge is 0.743 e. The summed E-state index contributed by atoms with van der Waals surface area (Å²) in [5, 5.41) is 4.91. The number of rotatable bonds is 1. The molecular formula is C3H3N2O3S-. The molecule has 0 saturated carbocycles. The lowest BCUT2D eigenvalue weighted by molar-refractivity contribution is 0.459. The average Bonchev–Trinajstić information content (AvgIpc) is 2.08. The van der Waals surface area contributed by atoms with E-state index in [9.17, 15) is 13.0 Å². The molecule has 0 aliphatic rings. The van der Waals surface area contributed by atoms with Gasteiger partial charge < -0.3 is 4.55 Å². The van der Waals surface area contributed by atoms with Crippen LogP contribution >= 0.6 is 0 Å². The molecule has 0 saturated heterocycles. The molecule has 1 N–H and O–H groups in total. The van der Waals surface area contributed by atoms with Gasteiger partial charge in [0.1, 0.15) is 15.1 Å². The molecule has 0 radical (unpaired) electrons. The fourth-order valence-electron chi connectivity index (χ4n) is 0.382. The molecule has 0 atom stereocenters. The summed E-state index contributed by atoms with van der Waals surface area (Å²) in [4.78, 5) is 0. The molecule has 0 aliphatic heterocycles. The second-order valence-electron chi connectivity index (χ2n) is 1.38. The van der Waals surface area contributed by atoms with Crippen LogP contribution in [0.4, 0.5) is 0 Å². The van der Waals surface area contributed by atoms with Crippen LogP contribution in [0.15, 0.2) is 17.3 Å². The second-order valence-corrected chi connectivity index (χ2v) is 2.72. The van der Waals surface area contributed by atoms with Gasteiger partial charge in [0, 0.05) is 0 Å². The van der Waals surface area contributed by atoms with E-state index in [1.807, 2.05) is 5.10 Å². The van der Waals surface area contributed by atoms with E-state index in [4.69, 9.17) is 0 Å². The summed E-state index contributed by atoms with van der Waals surface area (Å²) in [5.41, 5.74) is 0. The van der Waals surface area contributed by atoms with Gasteiger partial charge in [-0.15, -0.1) is 0 Å². The second kappa shape index (κ2) is 1.82. The first-order chi connectivity index (χ1) is 4.11. The zero-order chi connectivity index (χ0) is 6.91. The highest BCUT2D eigenvalue weighted by Gasteiger charge is 1.98. The monoisotopic (exact) mass is 147 g/mol. The Morgan fingerprint density at radius 3 is 2.56 bits per heavy atom. The maximum atomic E-state index is 10.1. The highest BCUT2D eigenvalue weighted by molar-refractivity contribution is 7.85. The molecule has 0 amide bonds. The lowest BCUT2D eigenvalue weighted by atomic mass is 10.8. The average molecular weight is 147 g/mol. The SMILES string of the molecule is O=S(=O)([O-])c1ccn[nH]1. The number of hydrogen-bond donors (Lipinski definition) is 1. The molecule has 0 aliphatic carbocycles. The number of hydrogen-bond acceptors (Lipinski definition) is 4. The van der Waals surface area contributed by atoms with E-state index in [-0.39, 0.29) is 0 Å². The molecule has 9 heavy (non-hydrogen) atoms. The molecule has 0 unspecified atom stereocenters. The van der Waals surface area contributed by atoms with Crippen molar-refractivity contribution in [2.45, 2.75) is 5.03 Å². The predicted octanol–water partition coefficient (Wildman–Crippen LogP) is -0.686. The van der Waals surface area contributed by atoms with Crippen LogP contribution in [-0.4, -0.2) is 23.2 Å². The van der Waals surface area contributed by atoms with Crippen molar-refractivity contribution >= 4 is 10.1 Å². The van der Waals surface area contributed by atoms with Crippen LogP contribution in [0.1, 0.15) is 0 Å². The first-order valence-electron chi connectivity index (χ1n) is 2.06. The van der Waals surface area contributed by atoms with Gasteiger partial charge in [0.15, 0.2) is 0 Å². The standard InChI is InChI=1S/C3H4N2O3S/c6-9(7,8)3-1-2-4-5-3/h1-2H,(H,4,5)(H,6,7,8)/p-1. The van der Waals surface area contributed by atoms with Gasteiger partial charge >= 0.3 is 0 Å². The summed E-state index contributed by atoms with van der Waals surface area (Å²) in [5.74, 6) is 0. The Labute approximate surface area is 51.5 Å². The summed E-state index contributed by atoms with van der Waals surface area (Å²) in [6, 6.07) is 1.10. The van der Waals surface area contributed by atoms with Gasteiger partial charge in [-0.25, -0.2) is 8.42 Å². The molecule has 5 nitrogen and oxygen atoms in total. The maximum Gasteiger partial charge on any atom is 0.141 e. The smallest absolute Gasteiger partial charge is 0.141 e. The van der Waals surface area contributed by atoms with Crippen molar-refractivity contribution in [3.8, 4) is 0 Å². The minimum Gasteiger partial charge on any atom is -0.743 e. The molecule has 0 spiro atoms. The maximum absolute atomic E-state index is 10.1. The van der Waals surface area contributed by atoms with E-state index < -0.39 is 15.1 Å². The van der Waals surface area contributed by atoms with Crippen LogP contribution in [0.5, 0.6) is 0 Å². The van der Waals surface area contributed by atoms with E-state index >= 15 is 0 Å². The van der Waals surface area contributed by atoms with Crippen molar-refractivity contribution in [1.29, 1.82) is 0 Å². The van der Waals surface area contributed by atoms with E-state index in [1.165, 1.54) is 6.20 Å². The molecule has 50 valence electrons. The van der Waals surface area contributed by atoms with Gasteiger partial charge in [0.25, 0.3) is 0 Å². The third-order valence-electron chi connectivity index (χ3n) is 0.745. The lowest BCUT2D eigenvalue weighted by Crippen LogP contribution is -1.98. The molecule has 0 fully saturated rings. The van der Waals surface area contributed by atoms with Crippen molar-refractivity contribution < 1.29 is 13.0 Å². The van der Waals surface area contributed by atoms with Crippen molar-refractivity contribution in [3.63, 3.8) is 0 Å². The Morgan fingerprint density at radius 2 is 2.33 bits per heavy atom. The Morgan fingerprint density at radius 1 is 1.67 bits per heavy atom. The summed E-state index contributed by atoms with van der Waals surface area (Å²) < 4.78 is 30.2. The van der Waals surface area contributed by atoms with Crippen molar-refractivity contribution in [3.05, 3.63) is 12.3 Å². The van der Waals surface area contributed by atoms with Gasteiger partial charge in [0.2, 0.25) is 0 Å². The van der Waals surface area contributed by atoms with E-state index in [2.05, 4.69) is 5.10 Å². The normalized spacial score (nSPS) is 11.7. The van der Waals surface area contributed by atoms with E-state index in [0.717, 1.165) is 6.07 Å². The Hall–Kier alpha value is -0.880. The van der Waals surface area contributed by atoms with Gasteiger partial charge in [-0.1, -0.05) is 0 Å². The Balaban J connectivity index is 3.20. The fraction of sp³-hybridized carbons (Fsp3) is 0. The third-order valence-corrected chi connectivity index (χ3v) is 1.51. The molecule has 1 rings (SSSR count). The minimum atomic E-state index is -4.33. The lowest BCUT2D eigenvalue weighted by Gasteiger charge is -1.99. The quantitative estimate of drug-likeness (QED) is 0.533. The number of H-pyrrole nitrogens is 1. The van der Waals surface area contributed by atoms with Crippen LogP contribution in [0.3, 0.4) is 0 Å². The number of aromatic nitrogens is 2. The van der Waals surface area contributed by atoms with Gasteiger partial charge in [-0.2, -0.15) is 5.10 Å². The predicted molar refractivity (Wildman–Crippen MR) is 26.6 cm³/mol. The zero-order valence-corrected chi connectivity index (χ0v) is 5.05. The van der Waals surface area contributed by atoms with E-state index in [0.29, 0.717) is 0 Å². The number of aromatic amines is 1. The summed E-state index contributed by atoms with van der Waals surface area (Å²) >= 11 is 0. The fourth-order valence-corrected chi connectivity index (χ4v) is 0.774. The minimum absolute atomic E-state index is 0.400. The Bertz CT molecular complexity index is 274. The van der Waals surface area contributed by atoms with Crippen molar-refractivity contribution in [1.82, 2.24) is 10.2 Å². The van der Waals surface area contributed by atoms with Crippen LogP contribution in [0.2, 0.25) is 0 Å². The summed E-state index contributed by atoms with van der Waals surface area (Å²) in [6.07, 6.45) is 1.20. The van der Waals surface area contributed by atoms with Crippen LogP contribution < -0.4 is 0 Å². The van der Waals surface area contributed by atoms with Gasteiger partial charge in [-0.05, 0) is 6.07 Å². The molecular weight excluding hydrogens is 144 g/mol. The Kier molecular flexibility index (Phi) is 1.26. The van der Waals surface area contributed by atoms with Gasteiger partial charge in [-0.3, -0.25) is 5.10 Å². The van der Waals surface area contributed by atoms with Crippen LogP contribution in [0.25, 0.3) is 0 Å². The molecule has 6 heteroatoms. The topological polar surface area (TPSA) is 85.9 Å². The van der Waals surface area contributed by atoms with Crippen LogP contribution in [-0.2, 0) is 10.1 Å². The first-order valence-corrected chi connectivity index (χ1v) is 3.47. The highest BCUT2D eigenvalue weighted by atomic mass is 32.2.